The van der Waals surface area contributed by atoms with Gasteiger partial charge >= 0.3 is 0 Å². The van der Waals surface area contributed by atoms with Crippen molar-refractivity contribution in [2.75, 3.05) is 0 Å². The Balaban J connectivity index is 1.42. The first-order valence-electron chi connectivity index (χ1n) is 12.9. The molecule has 3 saturated carbocycles. The predicted molar refractivity (Wildman–Crippen MR) is 121 cm³/mol. The van der Waals surface area contributed by atoms with E-state index in [2.05, 4.69) is 26.8 Å². The molecule has 4 heteroatoms. The zero-order chi connectivity index (χ0) is 22.4. The second-order valence-corrected chi connectivity index (χ2v) is 13.0. The molecule has 5 aliphatic rings. The summed E-state index contributed by atoms with van der Waals surface area (Å²) in [6.07, 6.45) is 10.9. The Kier molecular flexibility index (Phi) is 5.08. The number of aliphatic hydroxyl groups excluding tert-OH is 2. The second kappa shape index (κ2) is 7.04. The highest BCUT2D eigenvalue weighted by Crippen LogP contribution is 2.68. The van der Waals surface area contributed by atoms with Gasteiger partial charge in [0.2, 0.25) is 0 Å². The van der Waals surface area contributed by atoms with Gasteiger partial charge in [0.05, 0.1) is 29.5 Å². The third kappa shape index (κ3) is 3.15. The van der Waals surface area contributed by atoms with Crippen molar-refractivity contribution in [3.05, 3.63) is 11.6 Å². The molecule has 0 aromatic rings. The van der Waals surface area contributed by atoms with Crippen LogP contribution in [0.4, 0.5) is 0 Å². The topological polar surface area (TPSA) is 69.9 Å². The molecule has 0 amide bonds. The van der Waals surface area contributed by atoms with Crippen LogP contribution in [0.1, 0.15) is 92.4 Å². The van der Waals surface area contributed by atoms with Gasteiger partial charge in [0, 0.05) is 6.42 Å². The quantitative estimate of drug-likeness (QED) is 0.558. The molecule has 3 N–H and O–H groups in total. The first kappa shape index (κ1) is 22.4. The maximum atomic E-state index is 11.1. The van der Waals surface area contributed by atoms with Gasteiger partial charge in [-0.05, 0) is 107 Å². The van der Waals surface area contributed by atoms with Gasteiger partial charge in [-0.1, -0.05) is 25.5 Å². The van der Waals surface area contributed by atoms with Crippen molar-refractivity contribution < 1.29 is 20.1 Å². The fourth-order valence-corrected chi connectivity index (χ4v) is 9.20. The van der Waals surface area contributed by atoms with Gasteiger partial charge in [-0.2, -0.15) is 0 Å². The summed E-state index contributed by atoms with van der Waals surface area (Å²) in [5.41, 5.74) is 0.470. The third-order valence-electron chi connectivity index (χ3n) is 11.1. The molecule has 1 saturated heterocycles. The Labute approximate surface area is 188 Å². The molecule has 4 nitrogen and oxygen atoms in total. The fourth-order valence-electron chi connectivity index (χ4n) is 9.20. The number of hydrogen-bond donors (Lipinski definition) is 3. The van der Waals surface area contributed by atoms with Crippen LogP contribution in [0.2, 0.25) is 0 Å². The monoisotopic (exact) mass is 432 g/mol. The smallest absolute Gasteiger partial charge is 0.0951 e. The van der Waals surface area contributed by atoms with Crippen LogP contribution < -0.4 is 0 Å². The third-order valence-corrected chi connectivity index (χ3v) is 11.1. The summed E-state index contributed by atoms with van der Waals surface area (Å²) in [7, 11) is 0. The van der Waals surface area contributed by atoms with Gasteiger partial charge in [-0.25, -0.2) is 0 Å². The average molecular weight is 433 g/mol. The minimum absolute atomic E-state index is 0.148. The van der Waals surface area contributed by atoms with Crippen LogP contribution in [0.15, 0.2) is 11.6 Å². The lowest BCUT2D eigenvalue weighted by atomic mass is 9.46. The van der Waals surface area contributed by atoms with Gasteiger partial charge in [0.15, 0.2) is 0 Å². The van der Waals surface area contributed by atoms with Crippen LogP contribution >= 0.6 is 0 Å². The van der Waals surface area contributed by atoms with Crippen molar-refractivity contribution in [3.8, 4) is 0 Å². The van der Waals surface area contributed by atoms with Crippen molar-refractivity contribution in [2.24, 2.45) is 34.5 Å². The van der Waals surface area contributed by atoms with Crippen LogP contribution in [0.3, 0.4) is 0 Å². The van der Waals surface area contributed by atoms with E-state index >= 15 is 0 Å². The summed E-state index contributed by atoms with van der Waals surface area (Å²) in [5, 5.41) is 31.9. The van der Waals surface area contributed by atoms with Crippen molar-refractivity contribution in [3.63, 3.8) is 0 Å². The number of hydrogen-bond acceptors (Lipinski definition) is 4. The molecule has 5 rings (SSSR count). The molecule has 0 radical (unpaired) electrons. The van der Waals surface area contributed by atoms with E-state index in [1.807, 2.05) is 0 Å². The number of fused-ring (bicyclic) bond motifs is 5. The van der Waals surface area contributed by atoms with Crippen LogP contribution in [0, 0.1) is 34.5 Å². The van der Waals surface area contributed by atoms with Gasteiger partial charge in [-0.3, -0.25) is 0 Å². The van der Waals surface area contributed by atoms with E-state index in [1.54, 1.807) is 13.8 Å². The average Bonchev–Trinajstić information content (AvgIpc) is 3.19. The Hall–Kier alpha value is -0.420. The maximum absolute atomic E-state index is 11.1. The number of allylic oxidation sites excluding steroid dienone is 1. The molecule has 1 heterocycles. The molecule has 0 unspecified atom stereocenters. The van der Waals surface area contributed by atoms with Gasteiger partial charge in [-0.15, -0.1) is 0 Å². The predicted octanol–water partition coefficient (Wildman–Crippen LogP) is 4.61. The molecule has 10 atom stereocenters. The number of rotatable bonds is 2. The number of ether oxygens (including phenoxy) is 1. The van der Waals surface area contributed by atoms with Crippen molar-refractivity contribution in [1.29, 1.82) is 0 Å². The fraction of sp³-hybridized carbons (Fsp3) is 0.926. The molecule has 0 spiro atoms. The lowest BCUT2D eigenvalue weighted by molar-refractivity contribution is -0.178. The summed E-state index contributed by atoms with van der Waals surface area (Å²) in [4.78, 5) is 0. The van der Waals surface area contributed by atoms with Crippen LogP contribution in [0.5, 0.6) is 0 Å². The van der Waals surface area contributed by atoms with E-state index < -0.39 is 17.3 Å². The summed E-state index contributed by atoms with van der Waals surface area (Å²) in [6, 6.07) is 0. The molecule has 0 aromatic carbocycles. The van der Waals surface area contributed by atoms with Crippen LogP contribution in [-0.2, 0) is 4.74 Å². The highest BCUT2D eigenvalue weighted by Gasteiger charge is 2.65. The summed E-state index contributed by atoms with van der Waals surface area (Å²) >= 11 is 0. The van der Waals surface area contributed by atoms with Crippen molar-refractivity contribution >= 4 is 0 Å². The molecule has 176 valence electrons. The molecule has 1 aliphatic heterocycles. The second-order valence-electron chi connectivity index (χ2n) is 13.0. The molecule has 4 aliphatic carbocycles. The zero-order valence-corrected chi connectivity index (χ0v) is 20.2. The number of aliphatic hydroxyl groups is 3. The molecule has 4 fully saturated rings. The first-order valence-corrected chi connectivity index (χ1v) is 12.9. The highest BCUT2D eigenvalue weighted by molar-refractivity contribution is 5.26. The molecular formula is C27H44O4. The Bertz CT molecular complexity index is 755. The Morgan fingerprint density at radius 2 is 1.74 bits per heavy atom. The lowest BCUT2D eigenvalue weighted by Crippen LogP contribution is -2.55. The SMILES string of the molecule is CC(C)(O)[C@@H]1C[C@H](O)[C@](C)([C@H]2CC[C@H]3[C@@H]4CC=C5C[C@@H](O)CC[C@]5(C)[C@H]4CC[C@@]32C)O1. The van der Waals surface area contributed by atoms with Gasteiger partial charge in [0.1, 0.15) is 0 Å². The Morgan fingerprint density at radius 1 is 1.00 bits per heavy atom. The largest absolute Gasteiger partial charge is 0.393 e. The van der Waals surface area contributed by atoms with Gasteiger partial charge in [0.25, 0.3) is 0 Å². The molecule has 0 bridgehead atoms. The van der Waals surface area contributed by atoms with Crippen molar-refractivity contribution in [1.82, 2.24) is 0 Å². The van der Waals surface area contributed by atoms with E-state index in [1.165, 1.54) is 24.8 Å². The van der Waals surface area contributed by atoms with Crippen LogP contribution in [-0.4, -0.2) is 44.8 Å². The zero-order valence-electron chi connectivity index (χ0n) is 20.2. The van der Waals surface area contributed by atoms with E-state index in [4.69, 9.17) is 4.74 Å². The molecule has 0 aromatic heterocycles. The Morgan fingerprint density at radius 3 is 2.42 bits per heavy atom. The summed E-state index contributed by atoms with van der Waals surface area (Å²) in [6.45, 7) is 10.7. The maximum Gasteiger partial charge on any atom is 0.0951 e. The van der Waals surface area contributed by atoms with E-state index in [-0.39, 0.29) is 23.0 Å². The lowest BCUT2D eigenvalue weighted by Gasteiger charge is -2.59. The molecule has 31 heavy (non-hydrogen) atoms. The highest BCUT2D eigenvalue weighted by atomic mass is 16.5. The minimum Gasteiger partial charge on any atom is -0.393 e. The summed E-state index contributed by atoms with van der Waals surface area (Å²) in [5.74, 6) is 2.44. The molecular weight excluding hydrogens is 388 g/mol. The van der Waals surface area contributed by atoms with E-state index in [0.29, 0.717) is 24.2 Å². The standard InChI is InChI=1S/C27H44O4/c1-24(2,30)23-15-22(29)27(5,31-23)21-9-8-19-18-7-6-16-14-17(28)10-12-25(16,3)20(18)11-13-26(19,21)4/h6,17-23,28-30H,7-15H2,1-5H3/t17-,18-,19-,20-,21-,22-,23-,25-,26-,27-/m0/s1. The van der Waals surface area contributed by atoms with E-state index in [0.717, 1.165) is 38.0 Å². The van der Waals surface area contributed by atoms with E-state index in [9.17, 15) is 15.3 Å². The summed E-state index contributed by atoms with van der Waals surface area (Å²) < 4.78 is 6.54. The van der Waals surface area contributed by atoms with Gasteiger partial charge < -0.3 is 20.1 Å². The minimum atomic E-state index is -0.931. The normalized spacial score (nSPS) is 54.7. The first-order chi connectivity index (χ1) is 14.4. The van der Waals surface area contributed by atoms with Crippen LogP contribution in [0.25, 0.3) is 0 Å². The van der Waals surface area contributed by atoms with Crippen molar-refractivity contribution in [2.45, 2.75) is 122 Å².